The van der Waals surface area contributed by atoms with Crippen LogP contribution in [0.3, 0.4) is 0 Å². The SMILES string of the molecule is C=CC(=O)NC1CC2CN(S(=O)(=O)c3ccc(C(=O)NCCc4ccccc4)n3C)CC2O1. The van der Waals surface area contributed by atoms with Crippen LogP contribution in [-0.4, -0.2) is 61.1 Å². The summed E-state index contributed by atoms with van der Waals surface area (Å²) in [5.41, 5.74) is 1.39. The molecule has 3 atom stereocenters. The van der Waals surface area contributed by atoms with Crippen LogP contribution in [0.2, 0.25) is 0 Å². The molecule has 2 aromatic rings. The average Bonchev–Trinajstić information content (AvgIpc) is 3.47. The summed E-state index contributed by atoms with van der Waals surface area (Å²) in [4.78, 5) is 24.1. The monoisotopic (exact) mass is 472 g/mol. The maximum atomic E-state index is 13.3. The molecule has 176 valence electrons. The normalized spacial score (nSPS) is 22.6. The minimum atomic E-state index is -3.80. The molecule has 0 spiro atoms. The van der Waals surface area contributed by atoms with Gasteiger partial charge in [0.1, 0.15) is 11.9 Å². The zero-order valence-corrected chi connectivity index (χ0v) is 19.3. The Morgan fingerprint density at radius 2 is 1.94 bits per heavy atom. The number of carbonyl (C=O) groups is 2. The first-order chi connectivity index (χ1) is 15.8. The minimum Gasteiger partial charge on any atom is -0.354 e. The Morgan fingerprint density at radius 3 is 2.64 bits per heavy atom. The lowest BCUT2D eigenvalue weighted by Gasteiger charge is -2.20. The van der Waals surface area contributed by atoms with Crippen LogP contribution in [0.5, 0.6) is 0 Å². The molecule has 2 aliphatic heterocycles. The summed E-state index contributed by atoms with van der Waals surface area (Å²) in [5, 5.41) is 5.61. The van der Waals surface area contributed by atoms with E-state index in [1.807, 2.05) is 30.3 Å². The van der Waals surface area contributed by atoms with Crippen LogP contribution in [0, 0.1) is 5.92 Å². The van der Waals surface area contributed by atoms with Crippen molar-refractivity contribution in [2.24, 2.45) is 13.0 Å². The van der Waals surface area contributed by atoms with Crippen LogP contribution in [0.4, 0.5) is 0 Å². The molecule has 0 radical (unpaired) electrons. The van der Waals surface area contributed by atoms with Crippen molar-refractivity contribution in [3.8, 4) is 0 Å². The Morgan fingerprint density at radius 1 is 1.18 bits per heavy atom. The van der Waals surface area contributed by atoms with E-state index in [-0.39, 0.29) is 41.1 Å². The predicted octanol–water partition coefficient (Wildman–Crippen LogP) is 1.04. The molecule has 1 aromatic carbocycles. The van der Waals surface area contributed by atoms with Crippen molar-refractivity contribution >= 4 is 21.8 Å². The summed E-state index contributed by atoms with van der Waals surface area (Å²) in [7, 11) is -2.22. The number of benzene rings is 1. The Balaban J connectivity index is 1.37. The largest absolute Gasteiger partial charge is 0.354 e. The number of ether oxygens (including phenoxy) is 1. The molecule has 3 unspecified atom stereocenters. The van der Waals surface area contributed by atoms with E-state index in [0.29, 0.717) is 25.9 Å². The first-order valence-electron chi connectivity index (χ1n) is 10.9. The molecule has 0 bridgehead atoms. The molecule has 2 fully saturated rings. The number of nitrogens with zero attached hydrogens (tertiary/aromatic N) is 2. The number of aromatic nitrogens is 1. The number of hydrogen-bond acceptors (Lipinski definition) is 5. The Hall–Kier alpha value is -2.95. The number of hydrogen-bond donors (Lipinski definition) is 2. The zero-order chi connectivity index (χ0) is 23.6. The molecule has 2 saturated heterocycles. The van der Waals surface area contributed by atoms with Crippen LogP contribution in [0.1, 0.15) is 22.5 Å². The Bertz CT molecular complexity index is 1130. The van der Waals surface area contributed by atoms with Crippen molar-refractivity contribution in [1.82, 2.24) is 19.5 Å². The summed E-state index contributed by atoms with van der Waals surface area (Å²) < 4.78 is 35.1. The molecule has 10 heteroatoms. The van der Waals surface area contributed by atoms with Gasteiger partial charge in [0.25, 0.3) is 15.9 Å². The van der Waals surface area contributed by atoms with Gasteiger partial charge in [-0.15, -0.1) is 0 Å². The molecule has 2 N–H and O–H groups in total. The van der Waals surface area contributed by atoms with Crippen LogP contribution < -0.4 is 10.6 Å². The fourth-order valence-electron chi connectivity index (χ4n) is 4.40. The molecule has 1 aromatic heterocycles. The molecular weight excluding hydrogens is 444 g/mol. The molecule has 3 heterocycles. The molecule has 2 amide bonds. The van der Waals surface area contributed by atoms with Gasteiger partial charge in [-0.2, -0.15) is 4.31 Å². The topological polar surface area (TPSA) is 110 Å². The third-order valence-electron chi connectivity index (χ3n) is 6.15. The van der Waals surface area contributed by atoms with E-state index in [0.717, 1.165) is 5.56 Å². The van der Waals surface area contributed by atoms with Crippen LogP contribution in [-0.2, 0) is 33.0 Å². The van der Waals surface area contributed by atoms with Crippen molar-refractivity contribution in [3.63, 3.8) is 0 Å². The molecule has 4 rings (SSSR count). The average molecular weight is 473 g/mol. The fraction of sp³-hybridized carbons (Fsp3) is 0.391. The van der Waals surface area contributed by atoms with Crippen molar-refractivity contribution in [1.29, 1.82) is 0 Å². The maximum Gasteiger partial charge on any atom is 0.267 e. The highest BCUT2D eigenvalue weighted by atomic mass is 32.2. The quantitative estimate of drug-likeness (QED) is 0.558. The van der Waals surface area contributed by atoms with E-state index in [2.05, 4.69) is 17.2 Å². The van der Waals surface area contributed by atoms with Gasteiger partial charge >= 0.3 is 0 Å². The summed E-state index contributed by atoms with van der Waals surface area (Å²) in [6, 6.07) is 12.8. The van der Waals surface area contributed by atoms with Crippen molar-refractivity contribution in [2.45, 2.75) is 30.2 Å². The predicted molar refractivity (Wildman–Crippen MR) is 122 cm³/mol. The number of rotatable bonds is 8. The third-order valence-corrected chi connectivity index (χ3v) is 8.06. The van der Waals surface area contributed by atoms with Gasteiger partial charge in [0.2, 0.25) is 5.91 Å². The summed E-state index contributed by atoms with van der Waals surface area (Å²) in [6.45, 7) is 4.38. The highest BCUT2D eigenvalue weighted by molar-refractivity contribution is 7.89. The highest BCUT2D eigenvalue weighted by Gasteiger charge is 2.46. The van der Waals surface area contributed by atoms with Gasteiger partial charge in [0.15, 0.2) is 5.03 Å². The summed E-state index contributed by atoms with van der Waals surface area (Å²) in [5.74, 6) is -0.643. The second-order valence-corrected chi connectivity index (χ2v) is 10.2. The number of carbonyl (C=O) groups excluding carboxylic acids is 2. The van der Waals surface area contributed by atoms with Crippen molar-refractivity contribution in [2.75, 3.05) is 19.6 Å². The third kappa shape index (κ3) is 4.87. The van der Waals surface area contributed by atoms with Crippen LogP contribution >= 0.6 is 0 Å². The van der Waals surface area contributed by atoms with Crippen LogP contribution in [0.25, 0.3) is 0 Å². The van der Waals surface area contributed by atoms with Crippen molar-refractivity contribution < 1.29 is 22.7 Å². The van der Waals surface area contributed by atoms with Gasteiger partial charge in [-0.3, -0.25) is 9.59 Å². The number of fused-ring (bicyclic) bond motifs is 1. The minimum absolute atomic E-state index is 0.00378. The molecule has 0 saturated carbocycles. The second kappa shape index (κ2) is 9.50. The standard InChI is InChI=1S/C23H28N4O5S/c1-3-20(28)25-21-13-17-14-27(15-19(17)32-21)33(30,31)22-10-9-18(26(22)2)23(29)24-12-11-16-7-5-4-6-8-16/h3-10,17,19,21H,1,11-15H2,2H3,(H,24,29)(H,25,28). The van der Waals surface area contributed by atoms with E-state index in [1.54, 1.807) is 7.05 Å². The van der Waals surface area contributed by atoms with Gasteiger partial charge in [0, 0.05) is 32.6 Å². The van der Waals surface area contributed by atoms with Gasteiger partial charge in [0.05, 0.1) is 6.10 Å². The highest BCUT2D eigenvalue weighted by Crippen LogP contribution is 2.35. The summed E-state index contributed by atoms with van der Waals surface area (Å²) in [6.07, 6.45) is 1.69. The lowest BCUT2D eigenvalue weighted by molar-refractivity contribution is -0.120. The van der Waals surface area contributed by atoms with Crippen molar-refractivity contribution in [3.05, 3.63) is 66.4 Å². The summed E-state index contributed by atoms with van der Waals surface area (Å²) >= 11 is 0. The van der Waals surface area contributed by atoms with Gasteiger partial charge in [-0.05, 0) is 36.6 Å². The molecule has 9 nitrogen and oxygen atoms in total. The van der Waals surface area contributed by atoms with E-state index in [4.69, 9.17) is 4.74 Å². The number of amides is 2. The lowest BCUT2D eigenvalue weighted by atomic mass is 10.1. The molecule has 33 heavy (non-hydrogen) atoms. The molecule has 0 aliphatic carbocycles. The molecular formula is C23H28N4O5S. The first-order valence-corrected chi connectivity index (χ1v) is 12.3. The lowest BCUT2D eigenvalue weighted by Crippen LogP contribution is -2.37. The van der Waals surface area contributed by atoms with Crippen LogP contribution in [0.15, 0.2) is 60.1 Å². The van der Waals surface area contributed by atoms with Gasteiger partial charge < -0.3 is 19.9 Å². The first kappa shape index (κ1) is 23.2. The van der Waals surface area contributed by atoms with E-state index in [9.17, 15) is 18.0 Å². The molecule has 2 aliphatic rings. The van der Waals surface area contributed by atoms with Gasteiger partial charge in [-0.25, -0.2) is 8.42 Å². The van der Waals surface area contributed by atoms with E-state index < -0.39 is 16.3 Å². The Kier molecular flexibility index (Phi) is 6.68. The number of nitrogens with one attached hydrogen (secondary N) is 2. The Labute approximate surface area is 193 Å². The van der Waals surface area contributed by atoms with E-state index in [1.165, 1.54) is 27.1 Å². The zero-order valence-electron chi connectivity index (χ0n) is 18.4. The van der Waals surface area contributed by atoms with Gasteiger partial charge in [-0.1, -0.05) is 36.9 Å². The maximum absolute atomic E-state index is 13.3. The van der Waals surface area contributed by atoms with E-state index >= 15 is 0 Å². The smallest absolute Gasteiger partial charge is 0.267 e. The fourth-order valence-corrected chi connectivity index (χ4v) is 6.08. The number of sulfonamides is 1. The second-order valence-electron chi connectivity index (χ2n) is 8.30.